The van der Waals surface area contributed by atoms with Crippen LogP contribution in [0.5, 0.6) is 5.75 Å². The molecule has 9 heteroatoms. The number of carboxylic acid groups (broad SMARTS) is 1. The SMILES string of the molecule is CC(C)Oc1ccc(-c2nc(C3=CC=CC4C(CCN5CCC[C@H]5C(=O)O)=CN(C)C34)no2)cc1Cl. The monoisotopic (exact) mass is 510 g/mol. The molecule has 3 atom stereocenters. The van der Waals surface area contributed by atoms with Crippen LogP contribution in [-0.4, -0.2) is 69.3 Å². The van der Waals surface area contributed by atoms with E-state index in [1.807, 2.05) is 38.1 Å². The number of carbonyl (C=O) groups is 1. The summed E-state index contributed by atoms with van der Waals surface area (Å²) in [6, 6.07) is 5.16. The molecule has 2 unspecified atom stereocenters. The number of likely N-dealkylation sites (tertiary alicyclic amines) is 1. The number of likely N-dealkylation sites (N-methyl/N-ethyl adjacent to an activating group) is 1. The van der Waals surface area contributed by atoms with Crippen molar-refractivity contribution in [1.82, 2.24) is 19.9 Å². The van der Waals surface area contributed by atoms with Gasteiger partial charge in [-0.2, -0.15) is 4.98 Å². The quantitative estimate of drug-likeness (QED) is 0.537. The molecule has 0 saturated carbocycles. The van der Waals surface area contributed by atoms with Crippen LogP contribution >= 0.6 is 11.6 Å². The molecular weight excluding hydrogens is 480 g/mol. The Morgan fingerprint density at radius 1 is 1.36 bits per heavy atom. The minimum Gasteiger partial charge on any atom is -0.489 e. The Balaban J connectivity index is 1.30. The fourth-order valence-corrected chi connectivity index (χ4v) is 5.65. The van der Waals surface area contributed by atoms with E-state index in [9.17, 15) is 9.90 Å². The lowest BCUT2D eigenvalue weighted by Gasteiger charge is -2.29. The maximum absolute atomic E-state index is 11.6. The lowest BCUT2D eigenvalue weighted by Crippen LogP contribution is -2.37. The number of hydrogen-bond donors (Lipinski definition) is 1. The number of fused-ring (bicyclic) bond motifs is 1. The summed E-state index contributed by atoms with van der Waals surface area (Å²) in [5.74, 6) is 1.03. The Hall–Kier alpha value is -3.10. The first kappa shape index (κ1) is 24.6. The van der Waals surface area contributed by atoms with E-state index in [0.29, 0.717) is 22.5 Å². The number of allylic oxidation sites excluding steroid dienone is 2. The van der Waals surface area contributed by atoms with Gasteiger partial charge in [-0.15, -0.1) is 0 Å². The van der Waals surface area contributed by atoms with Crippen molar-refractivity contribution in [2.75, 3.05) is 20.1 Å². The van der Waals surface area contributed by atoms with Crippen molar-refractivity contribution >= 4 is 23.1 Å². The number of nitrogens with zero attached hydrogens (tertiary/aromatic N) is 4. The van der Waals surface area contributed by atoms with Gasteiger partial charge in [0.15, 0.2) is 0 Å². The standard InChI is InChI=1S/C27H31ClN4O4/c1-16(2)35-23-10-9-17(14-21(23)28)26-29-25(30-36-26)20-7-4-6-19-18(15-31(3)24(19)20)11-13-32-12-5-8-22(32)27(33)34/h4,6-7,9-10,14-16,19,22,24H,5,8,11-13H2,1-3H3,(H,33,34)/t19?,22-,24?/m0/s1. The van der Waals surface area contributed by atoms with Gasteiger partial charge in [0.2, 0.25) is 5.82 Å². The van der Waals surface area contributed by atoms with Gasteiger partial charge < -0.3 is 19.3 Å². The molecule has 0 radical (unpaired) electrons. The van der Waals surface area contributed by atoms with Crippen molar-refractivity contribution in [3.05, 3.63) is 59.0 Å². The van der Waals surface area contributed by atoms with Crippen LogP contribution in [0.15, 0.2) is 52.7 Å². The largest absolute Gasteiger partial charge is 0.489 e. The summed E-state index contributed by atoms with van der Waals surface area (Å²) in [4.78, 5) is 20.5. The maximum atomic E-state index is 11.6. The minimum atomic E-state index is -0.720. The molecule has 0 bridgehead atoms. The van der Waals surface area contributed by atoms with Crippen LogP contribution in [0.25, 0.3) is 17.0 Å². The van der Waals surface area contributed by atoms with Gasteiger partial charge in [0.1, 0.15) is 11.8 Å². The molecule has 36 heavy (non-hydrogen) atoms. The average molecular weight is 511 g/mol. The Kier molecular flexibility index (Phi) is 6.90. The molecule has 1 aromatic heterocycles. The second kappa shape index (κ2) is 10.1. The molecular formula is C27H31ClN4O4. The second-order valence-corrected chi connectivity index (χ2v) is 10.3. The van der Waals surface area contributed by atoms with Gasteiger partial charge in [-0.25, -0.2) is 0 Å². The number of hydrogen-bond acceptors (Lipinski definition) is 7. The topological polar surface area (TPSA) is 91.9 Å². The molecule has 0 spiro atoms. The zero-order chi connectivity index (χ0) is 25.4. The lowest BCUT2D eigenvalue weighted by molar-refractivity contribution is -0.142. The molecule has 3 heterocycles. The van der Waals surface area contributed by atoms with Gasteiger partial charge in [-0.3, -0.25) is 9.69 Å². The molecule has 1 aliphatic carbocycles. The smallest absolute Gasteiger partial charge is 0.320 e. The zero-order valence-corrected chi connectivity index (χ0v) is 21.5. The van der Waals surface area contributed by atoms with E-state index in [4.69, 9.17) is 25.8 Å². The molecule has 1 fully saturated rings. The summed E-state index contributed by atoms with van der Waals surface area (Å²) < 4.78 is 11.3. The number of rotatable bonds is 8. The predicted octanol–water partition coefficient (Wildman–Crippen LogP) is 4.88. The predicted molar refractivity (Wildman–Crippen MR) is 138 cm³/mol. The third-order valence-corrected chi connectivity index (χ3v) is 7.35. The summed E-state index contributed by atoms with van der Waals surface area (Å²) in [6.07, 6.45) is 11.0. The van der Waals surface area contributed by atoms with E-state index in [2.05, 4.69) is 34.3 Å². The molecule has 8 nitrogen and oxygen atoms in total. The van der Waals surface area contributed by atoms with Crippen LogP contribution in [0, 0.1) is 5.92 Å². The summed E-state index contributed by atoms with van der Waals surface area (Å²) in [7, 11) is 2.06. The van der Waals surface area contributed by atoms with Crippen molar-refractivity contribution in [1.29, 1.82) is 0 Å². The second-order valence-electron chi connectivity index (χ2n) is 9.86. The van der Waals surface area contributed by atoms with Crippen molar-refractivity contribution in [2.45, 2.75) is 51.3 Å². The molecule has 1 N–H and O–H groups in total. The van der Waals surface area contributed by atoms with Gasteiger partial charge in [0.25, 0.3) is 5.89 Å². The van der Waals surface area contributed by atoms with Gasteiger partial charge in [0.05, 0.1) is 17.2 Å². The van der Waals surface area contributed by atoms with E-state index in [1.165, 1.54) is 5.57 Å². The number of aliphatic carboxylic acids is 1. The highest BCUT2D eigenvalue weighted by atomic mass is 35.5. The number of carboxylic acids is 1. The van der Waals surface area contributed by atoms with E-state index in [-0.39, 0.29) is 24.1 Å². The Morgan fingerprint density at radius 3 is 2.94 bits per heavy atom. The van der Waals surface area contributed by atoms with Crippen LogP contribution in [0.4, 0.5) is 0 Å². The van der Waals surface area contributed by atoms with Crippen molar-refractivity contribution < 1.29 is 19.2 Å². The van der Waals surface area contributed by atoms with E-state index >= 15 is 0 Å². The lowest BCUT2D eigenvalue weighted by atomic mass is 9.84. The minimum absolute atomic E-state index is 0.0263. The maximum Gasteiger partial charge on any atom is 0.320 e. The van der Waals surface area contributed by atoms with Crippen LogP contribution in [0.3, 0.4) is 0 Å². The first-order valence-corrected chi connectivity index (χ1v) is 12.8. The van der Waals surface area contributed by atoms with Gasteiger partial charge in [-0.05, 0) is 69.6 Å². The fourth-order valence-electron chi connectivity index (χ4n) is 5.43. The van der Waals surface area contributed by atoms with Crippen LogP contribution in [-0.2, 0) is 4.79 Å². The Labute approximate surface area is 215 Å². The normalized spacial score (nSPS) is 23.7. The number of aromatic nitrogens is 2. The Bertz CT molecular complexity index is 1230. The summed E-state index contributed by atoms with van der Waals surface area (Å²) in [5, 5.41) is 14.3. The highest BCUT2D eigenvalue weighted by Gasteiger charge is 2.38. The fraction of sp³-hybridized carbons (Fsp3) is 0.444. The summed E-state index contributed by atoms with van der Waals surface area (Å²) >= 11 is 6.41. The van der Waals surface area contributed by atoms with E-state index < -0.39 is 5.97 Å². The van der Waals surface area contributed by atoms with Gasteiger partial charge in [0, 0.05) is 30.6 Å². The third-order valence-electron chi connectivity index (χ3n) is 7.05. The molecule has 0 amide bonds. The van der Waals surface area contributed by atoms with E-state index in [1.54, 1.807) is 6.07 Å². The highest BCUT2D eigenvalue weighted by molar-refractivity contribution is 6.32. The molecule has 1 saturated heterocycles. The number of ether oxygens (including phenoxy) is 1. The van der Waals surface area contributed by atoms with Crippen molar-refractivity contribution in [3.8, 4) is 17.2 Å². The van der Waals surface area contributed by atoms with Crippen LogP contribution < -0.4 is 4.74 Å². The first-order valence-electron chi connectivity index (χ1n) is 12.4. The Morgan fingerprint density at radius 2 is 2.19 bits per heavy atom. The average Bonchev–Trinajstić information content (AvgIpc) is 3.58. The number of benzene rings is 1. The van der Waals surface area contributed by atoms with Crippen LogP contribution in [0.2, 0.25) is 5.02 Å². The van der Waals surface area contributed by atoms with Crippen molar-refractivity contribution in [3.63, 3.8) is 0 Å². The summed E-state index contributed by atoms with van der Waals surface area (Å²) in [6.45, 7) is 5.49. The molecule has 2 aliphatic heterocycles. The molecule has 1 aromatic carbocycles. The van der Waals surface area contributed by atoms with Crippen molar-refractivity contribution in [2.24, 2.45) is 5.92 Å². The third kappa shape index (κ3) is 4.80. The molecule has 3 aliphatic rings. The van der Waals surface area contributed by atoms with E-state index in [0.717, 1.165) is 43.5 Å². The number of halogens is 1. The van der Waals surface area contributed by atoms with Gasteiger partial charge in [-0.1, -0.05) is 35.0 Å². The molecule has 190 valence electrons. The highest BCUT2D eigenvalue weighted by Crippen LogP contribution is 2.41. The molecule has 5 rings (SSSR count). The van der Waals surface area contributed by atoms with Crippen LogP contribution in [0.1, 0.15) is 38.9 Å². The first-order chi connectivity index (χ1) is 17.3. The van der Waals surface area contributed by atoms with Gasteiger partial charge >= 0.3 is 5.97 Å². The summed E-state index contributed by atoms with van der Waals surface area (Å²) in [5.41, 5.74) is 3.01. The molecule has 2 aromatic rings. The zero-order valence-electron chi connectivity index (χ0n) is 20.7.